The molecule has 2 heterocycles. The number of ether oxygens (including phenoxy) is 6. The third kappa shape index (κ3) is 20.6. The number of thiazole rings is 1. The number of benzene rings is 1. The van der Waals surface area contributed by atoms with Crippen LogP contribution in [0.2, 0.25) is 0 Å². The van der Waals surface area contributed by atoms with Crippen LogP contribution in [-0.2, 0) is 63.7 Å². The van der Waals surface area contributed by atoms with E-state index < -0.39 is 36.3 Å². The molecule has 1 fully saturated rings. The first kappa shape index (κ1) is 63.3. The zero-order valence-corrected chi connectivity index (χ0v) is 46.4. The molecule has 0 bridgehead atoms. The summed E-state index contributed by atoms with van der Waals surface area (Å²) in [6, 6.07) is 7.32. The average molecular weight is 1050 g/mol. The topological polar surface area (TPSA) is 223 Å². The molecule has 0 saturated carbocycles. The van der Waals surface area contributed by atoms with Crippen molar-refractivity contribution in [3.8, 4) is 0 Å². The first-order valence-electron chi connectivity index (χ1n) is 26.0. The van der Waals surface area contributed by atoms with Gasteiger partial charge in [0.15, 0.2) is 5.78 Å². The summed E-state index contributed by atoms with van der Waals surface area (Å²) in [5.41, 5.74) is 1.08. The Kier molecular flexibility index (Phi) is 30.0. The molecule has 1 aromatic carbocycles. The van der Waals surface area contributed by atoms with E-state index in [4.69, 9.17) is 34.3 Å². The summed E-state index contributed by atoms with van der Waals surface area (Å²) in [4.78, 5) is 84.2. The van der Waals surface area contributed by atoms with Crippen molar-refractivity contribution in [3.05, 3.63) is 52.5 Å². The van der Waals surface area contributed by atoms with Gasteiger partial charge in [-0.05, 0) is 42.6 Å². The number of aromatic nitrogens is 1. The van der Waals surface area contributed by atoms with Crippen LogP contribution in [0.15, 0.2) is 41.9 Å². The first-order chi connectivity index (χ1) is 35.0. The molecule has 414 valence electrons. The fourth-order valence-electron chi connectivity index (χ4n) is 9.60. The molecule has 9 atom stereocenters. The molecule has 0 radical (unpaired) electrons. The summed E-state index contributed by atoms with van der Waals surface area (Å²) < 4.78 is 34.0. The number of rotatable bonds is 38. The van der Waals surface area contributed by atoms with Gasteiger partial charge in [-0.3, -0.25) is 29.3 Å². The van der Waals surface area contributed by atoms with E-state index in [-0.39, 0.29) is 85.2 Å². The fourth-order valence-corrected chi connectivity index (χ4v) is 10.3. The Morgan fingerprint density at radius 1 is 0.836 bits per heavy atom. The Hall–Kier alpha value is -3.96. The number of likely N-dealkylation sites (N-methyl/N-ethyl adjacent to an activating group) is 2. The van der Waals surface area contributed by atoms with Crippen LogP contribution < -0.4 is 16.5 Å². The average Bonchev–Trinajstić information content (AvgIpc) is 4.10. The summed E-state index contributed by atoms with van der Waals surface area (Å²) >= 11 is 1.49. The van der Waals surface area contributed by atoms with Crippen LogP contribution >= 0.6 is 11.3 Å². The van der Waals surface area contributed by atoms with E-state index in [0.29, 0.717) is 78.7 Å². The van der Waals surface area contributed by atoms with Crippen LogP contribution in [0.3, 0.4) is 0 Å². The molecule has 0 spiro atoms. The van der Waals surface area contributed by atoms with Crippen molar-refractivity contribution in [1.82, 2.24) is 30.3 Å². The Bertz CT molecular complexity index is 1880. The van der Waals surface area contributed by atoms with Crippen molar-refractivity contribution < 1.29 is 57.2 Å². The van der Waals surface area contributed by atoms with E-state index in [0.717, 1.165) is 17.0 Å². The molecule has 73 heavy (non-hydrogen) atoms. The van der Waals surface area contributed by atoms with E-state index in [1.165, 1.54) is 16.2 Å². The summed E-state index contributed by atoms with van der Waals surface area (Å²) in [6.07, 6.45) is 3.30. The number of carbonyl (C=O) groups is 5. The zero-order chi connectivity index (χ0) is 53.9. The highest BCUT2D eigenvalue weighted by Crippen LogP contribution is 2.31. The van der Waals surface area contributed by atoms with Crippen molar-refractivity contribution >= 4 is 40.7 Å². The van der Waals surface area contributed by atoms with E-state index in [1.54, 1.807) is 39.4 Å². The normalized spacial score (nSPS) is 17.2. The van der Waals surface area contributed by atoms with Gasteiger partial charge in [0.25, 0.3) is 0 Å². The molecule has 20 heteroatoms. The number of carbonyl (C=O) groups excluding carboxylic acids is 5. The van der Waals surface area contributed by atoms with Crippen LogP contribution in [0.4, 0.5) is 0 Å². The van der Waals surface area contributed by atoms with Crippen molar-refractivity contribution in [1.29, 1.82) is 0 Å². The molecule has 19 nitrogen and oxygen atoms in total. The number of hydrogen-bond acceptors (Lipinski definition) is 16. The monoisotopic (exact) mass is 1050 g/mol. The van der Waals surface area contributed by atoms with Crippen LogP contribution in [0.25, 0.3) is 0 Å². The number of Topliss-reactive ketones (excluding diaryl/α,β-unsaturated/α-hetero) is 1. The number of hydrogen-bond donors (Lipinski definition) is 3. The molecule has 0 aliphatic carbocycles. The van der Waals surface area contributed by atoms with Gasteiger partial charge in [-0.25, -0.2) is 10.9 Å². The third-order valence-electron chi connectivity index (χ3n) is 13.7. The summed E-state index contributed by atoms with van der Waals surface area (Å²) in [5.74, 6) is 2.89. The van der Waals surface area contributed by atoms with Crippen LogP contribution in [0, 0.1) is 23.7 Å². The minimum Gasteiger partial charge on any atom is -0.379 e. The predicted molar refractivity (Wildman–Crippen MR) is 280 cm³/mol. The third-order valence-corrected chi connectivity index (χ3v) is 14.6. The van der Waals surface area contributed by atoms with Crippen LogP contribution in [-0.4, -0.2) is 186 Å². The van der Waals surface area contributed by atoms with Crippen LogP contribution in [0.5, 0.6) is 0 Å². The second kappa shape index (κ2) is 34.6. The molecule has 4 N–H and O–H groups in total. The number of nitrogens with one attached hydrogen (secondary N) is 2. The molecule has 1 saturated heterocycles. The van der Waals surface area contributed by atoms with Gasteiger partial charge in [-0.2, -0.15) is 0 Å². The second-order valence-electron chi connectivity index (χ2n) is 19.5. The van der Waals surface area contributed by atoms with Crippen molar-refractivity contribution in [2.75, 3.05) is 101 Å². The first-order valence-corrected chi connectivity index (χ1v) is 26.9. The lowest BCUT2D eigenvalue weighted by Gasteiger charge is -2.41. The molecule has 1 aliphatic heterocycles. The maximum atomic E-state index is 14.6. The molecule has 0 unspecified atom stereocenters. The Balaban J connectivity index is 1.60. The minimum atomic E-state index is -0.748. The lowest BCUT2D eigenvalue weighted by Crippen LogP contribution is -2.58. The molecule has 3 rings (SSSR count). The highest BCUT2D eigenvalue weighted by molar-refractivity contribution is 7.09. The lowest BCUT2D eigenvalue weighted by molar-refractivity contribution is -0.147. The van der Waals surface area contributed by atoms with E-state index in [2.05, 4.69) is 20.5 Å². The lowest BCUT2D eigenvalue weighted by atomic mass is 9.89. The van der Waals surface area contributed by atoms with Gasteiger partial charge in [0.1, 0.15) is 5.01 Å². The zero-order valence-electron chi connectivity index (χ0n) is 45.6. The van der Waals surface area contributed by atoms with Crippen molar-refractivity contribution in [2.45, 2.75) is 129 Å². The van der Waals surface area contributed by atoms with Gasteiger partial charge in [0.05, 0.1) is 127 Å². The maximum Gasteiger partial charge on any atom is 0.240 e. The van der Waals surface area contributed by atoms with Gasteiger partial charge in [-0.1, -0.05) is 85.2 Å². The quantitative estimate of drug-likeness (QED) is 0.0624. The maximum absolute atomic E-state index is 14.6. The number of nitrogens with two attached hydrogens (primary N) is 1. The van der Waals surface area contributed by atoms with Crippen molar-refractivity contribution in [2.24, 2.45) is 29.6 Å². The molecular formula is C53H89N7O12S. The summed E-state index contributed by atoms with van der Waals surface area (Å²) in [7, 11) is 6.51. The van der Waals surface area contributed by atoms with Crippen LogP contribution in [0.1, 0.15) is 97.2 Å². The predicted octanol–water partition coefficient (Wildman–Crippen LogP) is 4.48. The SMILES string of the molecule is CC[C@H](C)[C@@H]([C@@H](CC(=O)N1CCC[C@H]1[C@H](OC)[C@@H](C)C(=O)N[C@@H](Cc1ccccc1)c1nccs1)OC)N(C)C(=O)[C@@H](NCC(=O)[C@H](C(C)C)N(C)C(=O)CCOCCOCCOCCOCCON)C(C)C. The molecule has 2 aromatic rings. The van der Waals surface area contributed by atoms with Gasteiger partial charge in [0, 0.05) is 46.4 Å². The highest BCUT2D eigenvalue weighted by atomic mass is 32.1. The Morgan fingerprint density at radius 3 is 1.99 bits per heavy atom. The molecule has 1 aromatic heterocycles. The number of ketones is 1. The van der Waals surface area contributed by atoms with E-state index in [1.807, 2.05) is 89.1 Å². The summed E-state index contributed by atoms with van der Waals surface area (Å²) in [6.45, 7) is 17.1. The second-order valence-corrected chi connectivity index (χ2v) is 20.5. The van der Waals surface area contributed by atoms with E-state index in [9.17, 15) is 24.0 Å². The van der Waals surface area contributed by atoms with Gasteiger partial charge in [-0.15, -0.1) is 11.3 Å². The molecule has 4 amide bonds. The van der Waals surface area contributed by atoms with E-state index >= 15 is 0 Å². The fraction of sp³-hybridized carbons (Fsp3) is 0.736. The molecule has 1 aliphatic rings. The Morgan fingerprint density at radius 2 is 1.45 bits per heavy atom. The van der Waals surface area contributed by atoms with Gasteiger partial charge in [0.2, 0.25) is 23.6 Å². The number of amides is 4. The Labute approximate surface area is 439 Å². The standard InChI is InChI=1S/C53H89N7O12S/c1-12-38(6)49(44(66-10)34-46(63)60-22-16-19-42(60)50(67-11)39(7)51(64)57-41(52-55-21-32-73-52)33-40-17-14-13-15-18-40)59(9)53(65)47(36(2)3)56-35-43(61)48(37(4)5)58(8)45(62)20-23-68-24-25-69-26-27-70-28-29-71-30-31-72-54/h13-15,17-18,21,32,36-39,41-42,44,47-50,56H,12,16,19-20,22-31,33-35,54H2,1-11H3,(H,57,64)/t38-,39+,41-,42-,44+,47-,48-,49-,50+/m0/s1. The molecular weight excluding hydrogens is 959 g/mol. The smallest absolute Gasteiger partial charge is 0.240 e. The van der Waals surface area contributed by atoms with Gasteiger partial charge >= 0.3 is 0 Å². The van der Waals surface area contributed by atoms with Gasteiger partial charge < -0.3 is 53.3 Å². The number of nitrogens with zero attached hydrogens (tertiary/aromatic N) is 4. The minimum absolute atomic E-state index is 0.00724. The largest absolute Gasteiger partial charge is 0.379 e. The summed E-state index contributed by atoms with van der Waals surface area (Å²) in [5, 5.41) is 9.19. The number of likely N-dealkylation sites (tertiary alicyclic amines) is 1. The number of methoxy groups -OCH3 is 2. The van der Waals surface area contributed by atoms with Crippen molar-refractivity contribution in [3.63, 3.8) is 0 Å². The highest BCUT2D eigenvalue weighted by Gasteiger charge is 2.43.